The van der Waals surface area contributed by atoms with E-state index in [0.717, 1.165) is 4.90 Å². The fourth-order valence-corrected chi connectivity index (χ4v) is 3.55. The molecule has 2 rings (SSSR count). The van der Waals surface area contributed by atoms with E-state index in [9.17, 15) is 27.6 Å². The quantitative estimate of drug-likeness (QED) is 0.432. The molecule has 2 saturated heterocycles. The monoisotopic (exact) mass is 435 g/mol. The first-order chi connectivity index (χ1) is 13.4. The van der Waals surface area contributed by atoms with Crippen molar-refractivity contribution in [3.8, 4) is 0 Å². The first-order valence-corrected chi connectivity index (χ1v) is 10.4. The highest BCUT2D eigenvalue weighted by Gasteiger charge is 2.49. The lowest BCUT2D eigenvalue weighted by Gasteiger charge is -2.29. The molecule has 1 N–H and O–H groups in total. The molecule has 0 aromatic heterocycles. The topological polar surface area (TPSA) is 149 Å². The molecule has 13 heteroatoms. The van der Waals surface area contributed by atoms with Gasteiger partial charge in [-0.25, -0.2) is 4.79 Å². The van der Waals surface area contributed by atoms with Crippen molar-refractivity contribution >= 4 is 34.3 Å². The number of carbonyl (C=O) groups is 4. The van der Waals surface area contributed by atoms with Crippen LogP contribution in [0, 0.1) is 5.41 Å². The standard InChI is InChI=1S/C16H25N3O9S/c1-5-12(20)27-29(24,25)28-19-10-6-7-11(18(8-10)15(19)23)13(21)17-9-26-14(22)16(2,3)4/h10-11H,5-9H2,1-4H3,(H,17,21)/t10-,11+/m1/s1. The molecule has 0 radical (unpaired) electrons. The molecular weight excluding hydrogens is 410 g/mol. The molecule has 0 aliphatic carbocycles. The van der Waals surface area contributed by atoms with E-state index in [-0.39, 0.29) is 26.1 Å². The van der Waals surface area contributed by atoms with Gasteiger partial charge in [-0.2, -0.15) is 13.5 Å². The third-order valence-corrected chi connectivity index (χ3v) is 5.08. The lowest BCUT2D eigenvalue weighted by atomic mass is 9.97. The molecular formula is C16H25N3O9S. The highest BCUT2D eigenvalue weighted by atomic mass is 32.3. The van der Waals surface area contributed by atoms with Crippen molar-refractivity contribution in [1.82, 2.24) is 15.3 Å². The van der Waals surface area contributed by atoms with Crippen LogP contribution in [0.5, 0.6) is 0 Å². The van der Waals surface area contributed by atoms with Crippen LogP contribution >= 0.6 is 0 Å². The van der Waals surface area contributed by atoms with Gasteiger partial charge in [-0.05, 0) is 33.6 Å². The summed E-state index contributed by atoms with van der Waals surface area (Å²) in [6, 6.07) is -2.32. The van der Waals surface area contributed by atoms with Gasteiger partial charge < -0.3 is 19.1 Å². The highest BCUT2D eigenvalue weighted by Crippen LogP contribution is 2.31. The molecule has 2 aliphatic rings. The van der Waals surface area contributed by atoms with Crippen molar-refractivity contribution in [2.24, 2.45) is 5.41 Å². The minimum absolute atomic E-state index is 0.0654. The number of fused-ring (bicyclic) bond motifs is 2. The summed E-state index contributed by atoms with van der Waals surface area (Å²) < 4.78 is 37.4. The lowest BCUT2D eigenvalue weighted by Crippen LogP contribution is -2.50. The fourth-order valence-electron chi connectivity index (χ4n) is 2.80. The minimum Gasteiger partial charge on any atom is -0.444 e. The summed E-state index contributed by atoms with van der Waals surface area (Å²) in [4.78, 5) is 49.0. The number of amides is 3. The largest absolute Gasteiger partial charge is 0.473 e. The van der Waals surface area contributed by atoms with E-state index in [4.69, 9.17) is 4.74 Å². The van der Waals surface area contributed by atoms with Crippen LogP contribution in [0.15, 0.2) is 0 Å². The molecule has 2 atom stereocenters. The van der Waals surface area contributed by atoms with Crippen LogP contribution in [-0.2, 0) is 38.0 Å². The predicted octanol–water partition coefficient (Wildman–Crippen LogP) is 0.0476. The van der Waals surface area contributed by atoms with E-state index in [1.165, 1.54) is 6.92 Å². The average Bonchev–Trinajstić information content (AvgIpc) is 2.84. The van der Waals surface area contributed by atoms with Crippen LogP contribution in [0.1, 0.15) is 47.0 Å². The summed E-state index contributed by atoms with van der Waals surface area (Å²) in [6.07, 6.45) is 0.359. The second kappa shape index (κ2) is 8.53. The van der Waals surface area contributed by atoms with Crippen LogP contribution in [0.4, 0.5) is 4.79 Å². The number of esters is 1. The van der Waals surface area contributed by atoms with Gasteiger partial charge in [-0.15, -0.1) is 4.28 Å². The summed E-state index contributed by atoms with van der Waals surface area (Å²) in [6.45, 7) is 6.12. The van der Waals surface area contributed by atoms with Gasteiger partial charge in [0.25, 0.3) is 0 Å². The Kier molecular flexibility index (Phi) is 6.73. The van der Waals surface area contributed by atoms with Crippen molar-refractivity contribution in [3.63, 3.8) is 0 Å². The molecule has 29 heavy (non-hydrogen) atoms. The molecule has 2 bridgehead atoms. The molecule has 0 unspecified atom stereocenters. The zero-order valence-electron chi connectivity index (χ0n) is 16.7. The number of nitrogens with zero attached hydrogens (tertiary/aromatic N) is 2. The molecule has 0 spiro atoms. The normalized spacial score (nSPS) is 21.7. The molecule has 164 valence electrons. The van der Waals surface area contributed by atoms with Gasteiger partial charge in [0.15, 0.2) is 6.73 Å². The Morgan fingerprint density at radius 1 is 1.21 bits per heavy atom. The van der Waals surface area contributed by atoms with Gasteiger partial charge >= 0.3 is 28.4 Å². The number of hydrogen-bond acceptors (Lipinski definition) is 9. The number of piperidine rings is 1. The Labute approximate surface area is 168 Å². The van der Waals surface area contributed by atoms with Gasteiger partial charge in [-0.3, -0.25) is 14.4 Å². The van der Waals surface area contributed by atoms with E-state index in [1.807, 2.05) is 0 Å². The third kappa shape index (κ3) is 5.56. The van der Waals surface area contributed by atoms with Crippen LogP contribution in [0.25, 0.3) is 0 Å². The number of urea groups is 1. The number of hydroxylamine groups is 2. The van der Waals surface area contributed by atoms with E-state index >= 15 is 0 Å². The van der Waals surface area contributed by atoms with Crippen molar-refractivity contribution < 1.29 is 40.8 Å². The van der Waals surface area contributed by atoms with E-state index < -0.39 is 51.8 Å². The van der Waals surface area contributed by atoms with Crippen molar-refractivity contribution in [1.29, 1.82) is 0 Å². The molecule has 3 amide bonds. The summed E-state index contributed by atoms with van der Waals surface area (Å²) in [7, 11) is -4.75. The number of carbonyl (C=O) groups excluding carboxylic acids is 4. The van der Waals surface area contributed by atoms with Crippen LogP contribution in [0.3, 0.4) is 0 Å². The van der Waals surface area contributed by atoms with E-state index in [0.29, 0.717) is 11.5 Å². The molecule has 0 saturated carbocycles. The Morgan fingerprint density at radius 2 is 1.86 bits per heavy atom. The summed E-state index contributed by atoms with van der Waals surface area (Å²) in [5, 5.41) is 3.04. The summed E-state index contributed by atoms with van der Waals surface area (Å²) >= 11 is 0. The van der Waals surface area contributed by atoms with Gasteiger partial charge in [0.1, 0.15) is 6.04 Å². The SMILES string of the molecule is CCC(=O)OS(=O)(=O)ON1C(=O)N2C[C@H]1CC[C@H]2C(=O)NCOC(=O)C(C)(C)C. The molecule has 0 aromatic carbocycles. The smallest absolute Gasteiger partial charge is 0.444 e. The first kappa shape index (κ1) is 22.9. The number of ether oxygens (including phenoxy) is 1. The third-order valence-electron chi connectivity index (χ3n) is 4.34. The second-order valence-electron chi connectivity index (χ2n) is 7.67. The molecule has 2 aliphatic heterocycles. The highest BCUT2D eigenvalue weighted by molar-refractivity contribution is 7.82. The van der Waals surface area contributed by atoms with Gasteiger partial charge in [-0.1, -0.05) is 6.92 Å². The molecule has 12 nitrogen and oxygen atoms in total. The molecule has 2 fully saturated rings. The van der Waals surface area contributed by atoms with Crippen molar-refractivity contribution in [3.05, 3.63) is 0 Å². The number of rotatable bonds is 7. The van der Waals surface area contributed by atoms with Crippen molar-refractivity contribution in [2.75, 3.05) is 13.3 Å². The maximum Gasteiger partial charge on any atom is 0.473 e. The lowest BCUT2D eigenvalue weighted by molar-refractivity contribution is -0.154. The Balaban J connectivity index is 1.95. The van der Waals surface area contributed by atoms with Crippen molar-refractivity contribution in [2.45, 2.75) is 59.0 Å². The minimum atomic E-state index is -4.75. The summed E-state index contributed by atoms with van der Waals surface area (Å²) in [5.41, 5.74) is -0.724. The van der Waals surface area contributed by atoms with Crippen LogP contribution in [0.2, 0.25) is 0 Å². The average molecular weight is 435 g/mol. The van der Waals surface area contributed by atoms with Gasteiger partial charge in [0.05, 0.1) is 11.5 Å². The number of hydrogen-bond donors (Lipinski definition) is 1. The molecule has 2 heterocycles. The Bertz CT molecular complexity index is 790. The Morgan fingerprint density at radius 3 is 2.45 bits per heavy atom. The maximum absolute atomic E-state index is 12.5. The molecule has 0 aromatic rings. The van der Waals surface area contributed by atoms with Crippen LogP contribution < -0.4 is 5.32 Å². The zero-order valence-corrected chi connectivity index (χ0v) is 17.5. The Hall–Kier alpha value is -2.41. The van der Waals surface area contributed by atoms with Gasteiger partial charge in [0, 0.05) is 13.0 Å². The maximum atomic E-state index is 12.5. The zero-order chi connectivity index (χ0) is 22.0. The first-order valence-electron chi connectivity index (χ1n) is 9.07. The van der Waals surface area contributed by atoms with E-state index in [2.05, 4.69) is 13.8 Å². The predicted molar refractivity (Wildman–Crippen MR) is 95.7 cm³/mol. The van der Waals surface area contributed by atoms with Crippen LogP contribution in [-0.4, -0.2) is 67.6 Å². The number of nitrogens with one attached hydrogen (secondary N) is 1. The summed E-state index contributed by atoms with van der Waals surface area (Å²) in [5.74, 6) is -2.06. The van der Waals surface area contributed by atoms with Gasteiger partial charge in [0.2, 0.25) is 5.91 Å². The van der Waals surface area contributed by atoms with E-state index in [1.54, 1.807) is 20.8 Å². The fraction of sp³-hybridized carbons (Fsp3) is 0.750. The second-order valence-corrected chi connectivity index (χ2v) is 8.80.